The molecule has 0 spiro atoms. The third-order valence-electron chi connectivity index (χ3n) is 5.31. The third kappa shape index (κ3) is 3.42. The zero-order valence-corrected chi connectivity index (χ0v) is 16.9. The maximum atomic E-state index is 11.5. The molecular weight excluding hydrogens is 364 g/mol. The fourth-order valence-electron chi connectivity index (χ4n) is 3.74. The van der Waals surface area contributed by atoms with E-state index in [-0.39, 0.29) is 0 Å². The van der Waals surface area contributed by atoms with Crippen LogP contribution in [0.15, 0.2) is 48.5 Å². The Hall–Kier alpha value is -3.41. The lowest BCUT2D eigenvalue weighted by Gasteiger charge is -2.11. The number of benzene rings is 2. The molecule has 0 fully saturated rings. The second-order valence-electron chi connectivity index (χ2n) is 7.28. The van der Waals surface area contributed by atoms with Crippen LogP contribution in [0.1, 0.15) is 40.9 Å². The van der Waals surface area contributed by atoms with Crippen LogP contribution in [0.2, 0.25) is 0 Å². The highest BCUT2D eigenvalue weighted by Gasteiger charge is 2.17. The van der Waals surface area contributed by atoms with Gasteiger partial charge in [0.2, 0.25) is 0 Å². The standard InChI is InChI=1S/C23H24N4O2/c1-4-7-20-25-21-22(26(3)15(2)24-21)27(20)14-16-10-12-17(13-11-16)18-8-5-6-9-19(18)23(28)29/h5-6,8-13H,4,7,14H2,1-3H3,(H,28,29). The number of carboxylic acids is 1. The maximum absolute atomic E-state index is 11.5. The van der Waals surface area contributed by atoms with Crippen LogP contribution >= 0.6 is 0 Å². The molecule has 0 unspecified atom stereocenters. The fourth-order valence-corrected chi connectivity index (χ4v) is 3.74. The van der Waals surface area contributed by atoms with Crippen LogP contribution in [0, 0.1) is 6.92 Å². The van der Waals surface area contributed by atoms with Gasteiger partial charge in [0.1, 0.15) is 11.6 Å². The Kier molecular flexibility index (Phi) is 4.92. The van der Waals surface area contributed by atoms with Crippen LogP contribution in [0.25, 0.3) is 22.4 Å². The zero-order chi connectivity index (χ0) is 20.5. The van der Waals surface area contributed by atoms with E-state index in [4.69, 9.17) is 4.98 Å². The summed E-state index contributed by atoms with van der Waals surface area (Å²) in [5.74, 6) is 1.07. The summed E-state index contributed by atoms with van der Waals surface area (Å²) in [6.45, 7) is 4.84. The molecule has 4 rings (SSSR count). The van der Waals surface area contributed by atoms with Gasteiger partial charge in [-0.15, -0.1) is 0 Å². The summed E-state index contributed by atoms with van der Waals surface area (Å²) in [5, 5.41) is 9.44. The Morgan fingerprint density at radius 3 is 2.48 bits per heavy atom. The lowest BCUT2D eigenvalue weighted by molar-refractivity contribution is 0.0697. The molecule has 6 nitrogen and oxygen atoms in total. The largest absolute Gasteiger partial charge is 0.478 e. The van der Waals surface area contributed by atoms with Gasteiger partial charge in [0.25, 0.3) is 0 Å². The molecule has 0 bridgehead atoms. The Balaban J connectivity index is 1.70. The number of aryl methyl sites for hydroxylation is 3. The van der Waals surface area contributed by atoms with Crippen molar-refractivity contribution in [3.63, 3.8) is 0 Å². The Labute approximate surface area is 169 Å². The van der Waals surface area contributed by atoms with E-state index in [2.05, 4.69) is 33.2 Å². The smallest absolute Gasteiger partial charge is 0.336 e. The van der Waals surface area contributed by atoms with Crippen molar-refractivity contribution in [2.24, 2.45) is 7.05 Å². The molecule has 1 N–H and O–H groups in total. The molecule has 4 aromatic rings. The molecule has 0 atom stereocenters. The molecule has 0 amide bonds. The van der Waals surface area contributed by atoms with Gasteiger partial charge in [-0.1, -0.05) is 49.4 Å². The van der Waals surface area contributed by atoms with Crippen molar-refractivity contribution in [3.8, 4) is 11.1 Å². The summed E-state index contributed by atoms with van der Waals surface area (Å²) < 4.78 is 4.32. The fraction of sp³-hybridized carbons (Fsp3) is 0.261. The van der Waals surface area contributed by atoms with Gasteiger partial charge >= 0.3 is 5.97 Å². The Bertz CT molecular complexity index is 1190. The minimum absolute atomic E-state index is 0.312. The number of imidazole rings is 2. The number of rotatable bonds is 6. The van der Waals surface area contributed by atoms with Gasteiger partial charge in [-0.05, 0) is 36.1 Å². The minimum atomic E-state index is -0.915. The van der Waals surface area contributed by atoms with Crippen LogP contribution in [0.3, 0.4) is 0 Å². The lowest BCUT2D eigenvalue weighted by Crippen LogP contribution is -2.08. The van der Waals surface area contributed by atoms with Crippen LogP contribution in [0.4, 0.5) is 0 Å². The van der Waals surface area contributed by atoms with Crippen LogP contribution in [-0.4, -0.2) is 30.2 Å². The van der Waals surface area contributed by atoms with Crippen molar-refractivity contribution < 1.29 is 9.90 Å². The van der Waals surface area contributed by atoms with Crippen molar-refractivity contribution in [2.75, 3.05) is 0 Å². The van der Waals surface area contributed by atoms with E-state index in [1.807, 2.05) is 38.2 Å². The average Bonchev–Trinajstić information content (AvgIpc) is 3.18. The van der Waals surface area contributed by atoms with Crippen molar-refractivity contribution in [3.05, 3.63) is 71.3 Å². The van der Waals surface area contributed by atoms with Gasteiger partial charge < -0.3 is 14.2 Å². The number of nitrogens with zero attached hydrogens (tertiary/aromatic N) is 4. The minimum Gasteiger partial charge on any atom is -0.478 e. The molecule has 148 valence electrons. The number of aromatic carboxylic acids is 1. The summed E-state index contributed by atoms with van der Waals surface area (Å²) in [7, 11) is 2.02. The van der Waals surface area contributed by atoms with Crippen molar-refractivity contribution in [1.82, 2.24) is 19.1 Å². The van der Waals surface area contributed by atoms with E-state index < -0.39 is 5.97 Å². The second kappa shape index (κ2) is 7.54. The summed E-state index contributed by atoms with van der Waals surface area (Å²) >= 11 is 0. The summed E-state index contributed by atoms with van der Waals surface area (Å²) in [4.78, 5) is 20.8. The summed E-state index contributed by atoms with van der Waals surface area (Å²) in [5.41, 5.74) is 4.90. The van der Waals surface area contributed by atoms with Crippen LogP contribution in [0.5, 0.6) is 0 Å². The van der Waals surface area contributed by atoms with Crippen molar-refractivity contribution >= 4 is 17.3 Å². The number of hydrogen-bond acceptors (Lipinski definition) is 3. The average molecular weight is 388 g/mol. The van der Waals surface area contributed by atoms with E-state index in [1.165, 1.54) is 0 Å². The highest BCUT2D eigenvalue weighted by molar-refractivity contribution is 5.96. The molecule has 6 heteroatoms. The van der Waals surface area contributed by atoms with Gasteiger partial charge in [0, 0.05) is 13.5 Å². The highest BCUT2D eigenvalue weighted by Crippen LogP contribution is 2.25. The predicted octanol–water partition coefficient (Wildman–Crippen LogP) is 4.44. The molecule has 0 aliphatic carbocycles. The number of aromatic nitrogens is 4. The van der Waals surface area contributed by atoms with Crippen LogP contribution < -0.4 is 0 Å². The topological polar surface area (TPSA) is 72.9 Å². The number of hydrogen-bond donors (Lipinski definition) is 1. The van der Waals surface area contributed by atoms with E-state index >= 15 is 0 Å². The first-order valence-electron chi connectivity index (χ1n) is 9.79. The van der Waals surface area contributed by atoms with Gasteiger partial charge in [0.15, 0.2) is 11.3 Å². The van der Waals surface area contributed by atoms with Gasteiger partial charge in [-0.2, -0.15) is 0 Å². The molecule has 2 heterocycles. The highest BCUT2D eigenvalue weighted by atomic mass is 16.4. The molecule has 0 radical (unpaired) electrons. The molecule has 0 saturated carbocycles. The summed E-state index contributed by atoms with van der Waals surface area (Å²) in [6, 6.07) is 15.2. The van der Waals surface area contributed by atoms with Crippen molar-refractivity contribution in [2.45, 2.75) is 33.2 Å². The van der Waals surface area contributed by atoms with Crippen LogP contribution in [-0.2, 0) is 20.0 Å². The number of fused-ring (bicyclic) bond motifs is 1. The third-order valence-corrected chi connectivity index (χ3v) is 5.31. The van der Waals surface area contributed by atoms with E-state index in [0.717, 1.165) is 52.5 Å². The van der Waals surface area contributed by atoms with E-state index in [1.54, 1.807) is 12.1 Å². The lowest BCUT2D eigenvalue weighted by atomic mass is 9.99. The molecule has 0 aliphatic rings. The van der Waals surface area contributed by atoms with Gasteiger partial charge in [0.05, 0.1) is 12.1 Å². The number of carboxylic acid groups (broad SMARTS) is 1. The molecule has 2 aromatic carbocycles. The molecule has 2 aromatic heterocycles. The second-order valence-corrected chi connectivity index (χ2v) is 7.28. The first-order valence-corrected chi connectivity index (χ1v) is 9.79. The first-order chi connectivity index (χ1) is 14.0. The molecular formula is C23H24N4O2. The molecule has 0 saturated heterocycles. The zero-order valence-electron chi connectivity index (χ0n) is 16.9. The molecule has 0 aliphatic heterocycles. The maximum Gasteiger partial charge on any atom is 0.336 e. The van der Waals surface area contributed by atoms with E-state index in [9.17, 15) is 9.90 Å². The normalized spacial score (nSPS) is 11.3. The van der Waals surface area contributed by atoms with Crippen molar-refractivity contribution in [1.29, 1.82) is 0 Å². The SMILES string of the molecule is CCCc1nc2nc(C)n(C)c2n1Cc1ccc(-c2ccccc2C(=O)O)cc1. The van der Waals surface area contributed by atoms with Gasteiger partial charge in [-0.3, -0.25) is 0 Å². The summed E-state index contributed by atoms with van der Waals surface area (Å²) in [6.07, 6.45) is 1.92. The molecule has 29 heavy (non-hydrogen) atoms. The monoisotopic (exact) mass is 388 g/mol. The Morgan fingerprint density at radius 2 is 1.79 bits per heavy atom. The predicted molar refractivity (Wildman–Crippen MR) is 113 cm³/mol. The van der Waals surface area contributed by atoms with E-state index in [0.29, 0.717) is 12.1 Å². The first kappa shape index (κ1) is 18.9. The Morgan fingerprint density at radius 1 is 1.07 bits per heavy atom. The number of carbonyl (C=O) groups is 1. The quantitative estimate of drug-likeness (QED) is 0.530. The van der Waals surface area contributed by atoms with Gasteiger partial charge in [-0.25, -0.2) is 14.8 Å².